The molecule has 5 rings (SSSR count). The van der Waals surface area contributed by atoms with Gasteiger partial charge < -0.3 is 10.3 Å². The SMILES string of the molecule is CC(=O)C(=C(C)N)c1cnc2c(-c3cnc(C4CC4)nc3)cn([C@@H](C)c3ccccn3)c2n1. The van der Waals surface area contributed by atoms with E-state index in [2.05, 4.69) is 21.9 Å². The smallest absolute Gasteiger partial charge is 0.163 e. The van der Waals surface area contributed by atoms with Gasteiger partial charge in [-0.2, -0.15) is 0 Å². The third-order valence-electron chi connectivity index (χ3n) is 5.98. The minimum Gasteiger partial charge on any atom is -0.402 e. The van der Waals surface area contributed by atoms with Crippen LogP contribution in [0, 0.1) is 0 Å². The second kappa shape index (κ2) is 8.20. The molecule has 33 heavy (non-hydrogen) atoms. The van der Waals surface area contributed by atoms with Crippen molar-refractivity contribution < 1.29 is 4.79 Å². The molecular formula is C25H25N7O. The van der Waals surface area contributed by atoms with E-state index < -0.39 is 0 Å². The van der Waals surface area contributed by atoms with Crippen molar-refractivity contribution in [3.8, 4) is 11.1 Å². The number of nitrogens with two attached hydrogens (primary N) is 1. The van der Waals surface area contributed by atoms with Gasteiger partial charge in [-0.05, 0) is 45.7 Å². The number of carbonyl (C=O) groups is 1. The lowest BCUT2D eigenvalue weighted by Crippen LogP contribution is -2.10. The number of ketones is 1. The highest BCUT2D eigenvalue weighted by Crippen LogP contribution is 2.38. The zero-order valence-corrected chi connectivity index (χ0v) is 18.9. The van der Waals surface area contributed by atoms with Gasteiger partial charge >= 0.3 is 0 Å². The van der Waals surface area contributed by atoms with Gasteiger partial charge in [0.15, 0.2) is 11.4 Å². The highest BCUT2D eigenvalue weighted by molar-refractivity contribution is 6.19. The Kier molecular flexibility index (Phi) is 5.20. The number of hydrogen-bond donors (Lipinski definition) is 1. The summed E-state index contributed by atoms with van der Waals surface area (Å²) < 4.78 is 2.03. The van der Waals surface area contributed by atoms with Crippen molar-refractivity contribution in [2.24, 2.45) is 5.73 Å². The average Bonchev–Trinajstić information content (AvgIpc) is 3.60. The largest absolute Gasteiger partial charge is 0.402 e. The predicted octanol–water partition coefficient (Wildman–Crippen LogP) is 4.05. The maximum Gasteiger partial charge on any atom is 0.163 e. The Bertz CT molecular complexity index is 1370. The van der Waals surface area contributed by atoms with E-state index >= 15 is 0 Å². The van der Waals surface area contributed by atoms with E-state index in [9.17, 15) is 4.79 Å². The molecule has 4 heterocycles. The van der Waals surface area contributed by atoms with Crippen LogP contribution in [-0.4, -0.2) is 35.3 Å². The first-order valence-electron chi connectivity index (χ1n) is 11.0. The zero-order valence-electron chi connectivity index (χ0n) is 18.9. The third-order valence-corrected chi connectivity index (χ3v) is 5.98. The van der Waals surface area contributed by atoms with Crippen molar-refractivity contribution in [2.45, 2.75) is 45.6 Å². The molecule has 166 valence electrons. The molecule has 8 nitrogen and oxygen atoms in total. The Morgan fingerprint density at radius 3 is 2.45 bits per heavy atom. The molecule has 0 unspecified atom stereocenters. The zero-order chi connectivity index (χ0) is 23.1. The summed E-state index contributed by atoms with van der Waals surface area (Å²) in [4.78, 5) is 35.5. The fourth-order valence-corrected chi connectivity index (χ4v) is 4.09. The Balaban J connectivity index is 1.69. The van der Waals surface area contributed by atoms with Crippen LogP contribution >= 0.6 is 0 Å². The molecule has 1 aliphatic rings. The topological polar surface area (TPSA) is 112 Å². The monoisotopic (exact) mass is 439 g/mol. The van der Waals surface area contributed by atoms with Gasteiger partial charge in [0.2, 0.25) is 0 Å². The number of nitrogens with zero attached hydrogens (tertiary/aromatic N) is 6. The number of carbonyl (C=O) groups excluding carboxylic acids is 1. The third kappa shape index (κ3) is 3.88. The van der Waals surface area contributed by atoms with Crippen LogP contribution in [0.2, 0.25) is 0 Å². The second-order valence-electron chi connectivity index (χ2n) is 8.53. The van der Waals surface area contributed by atoms with Gasteiger partial charge in [-0.25, -0.2) is 19.9 Å². The van der Waals surface area contributed by atoms with Gasteiger partial charge in [0, 0.05) is 47.5 Å². The maximum absolute atomic E-state index is 12.2. The maximum atomic E-state index is 12.2. The number of rotatable bonds is 6. The molecule has 0 radical (unpaired) electrons. The van der Waals surface area contributed by atoms with Crippen LogP contribution in [0.25, 0.3) is 27.9 Å². The van der Waals surface area contributed by atoms with Gasteiger partial charge in [-0.15, -0.1) is 0 Å². The molecule has 1 saturated carbocycles. The lowest BCUT2D eigenvalue weighted by molar-refractivity contribution is -0.111. The van der Waals surface area contributed by atoms with Crippen molar-refractivity contribution >= 4 is 22.5 Å². The summed E-state index contributed by atoms with van der Waals surface area (Å²) in [6.07, 6.45) is 11.4. The summed E-state index contributed by atoms with van der Waals surface area (Å²) in [5.41, 5.74) is 11.2. The molecule has 8 heteroatoms. The normalized spacial score (nSPS) is 15.4. The van der Waals surface area contributed by atoms with Gasteiger partial charge in [0.25, 0.3) is 0 Å². The molecular weight excluding hydrogens is 414 g/mol. The van der Waals surface area contributed by atoms with E-state index in [4.69, 9.17) is 15.7 Å². The molecule has 0 aliphatic heterocycles. The summed E-state index contributed by atoms with van der Waals surface area (Å²) in [7, 11) is 0. The minimum absolute atomic E-state index is 0.109. The van der Waals surface area contributed by atoms with Gasteiger partial charge in [-0.3, -0.25) is 9.78 Å². The van der Waals surface area contributed by atoms with Crippen molar-refractivity contribution in [2.75, 3.05) is 0 Å². The molecule has 0 bridgehead atoms. The lowest BCUT2D eigenvalue weighted by Gasteiger charge is -2.14. The van der Waals surface area contributed by atoms with Crippen LogP contribution in [0.4, 0.5) is 0 Å². The van der Waals surface area contributed by atoms with Crippen molar-refractivity contribution in [3.05, 3.63) is 72.1 Å². The fraction of sp³-hybridized carbons (Fsp3) is 0.280. The lowest BCUT2D eigenvalue weighted by atomic mass is 10.1. The molecule has 2 N–H and O–H groups in total. The molecule has 0 spiro atoms. The van der Waals surface area contributed by atoms with Crippen LogP contribution < -0.4 is 5.73 Å². The van der Waals surface area contributed by atoms with Gasteiger partial charge in [0.05, 0.1) is 29.2 Å². The second-order valence-corrected chi connectivity index (χ2v) is 8.53. The summed E-state index contributed by atoms with van der Waals surface area (Å²) in [5.74, 6) is 1.24. The Morgan fingerprint density at radius 2 is 1.85 bits per heavy atom. The predicted molar refractivity (Wildman–Crippen MR) is 126 cm³/mol. The Hall–Kier alpha value is -3.94. The van der Waals surface area contributed by atoms with Crippen LogP contribution in [0.5, 0.6) is 0 Å². The molecule has 4 aromatic rings. The molecule has 1 fully saturated rings. The number of pyridine rings is 1. The first-order chi connectivity index (χ1) is 15.9. The first-order valence-corrected chi connectivity index (χ1v) is 11.0. The Labute approximate surface area is 191 Å². The van der Waals surface area contributed by atoms with E-state index in [1.165, 1.54) is 6.92 Å². The number of aromatic nitrogens is 6. The van der Waals surface area contributed by atoms with Crippen molar-refractivity contribution in [3.63, 3.8) is 0 Å². The molecule has 1 atom stereocenters. The molecule has 0 amide bonds. The summed E-state index contributed by atoms with van der Waals surface area (Å²) in [6.45, 7) is 5.24. The highest BCUT2D eigenvalue weighted by atomic mass is 16.1. The van der Waals surface area contributed by atoms with E-state index in [1.807, 2.05) is 41.4 Å². The number of fused-ring (bicyclic) bond motifs is 1. The molecule has 0 saturated heterocycles. The van der Waals surface area contributed by atoms with Crippen LogP contribution in [0.1, 0.15) is 62.8 Å². The summed E-state index contributed by atoms with van der Waals surface area (Å²) in [5, 5.41) is 0. The van der Waals surface area contributed by atoms with E-state index in [0.717, 1.165) is 35.5 Å². The molecule has 4 aromatic heterocycles. The number of hydrogen-bond acceptors (Lipinski definition) is 7. The van der Waals surface area contributed by atoms with E-state index in [0.29, 0.717) is 34.0 Å². The van der Waals surface area contributed by atoms with Gasteiger partial charge in [0.1, 0.15) is 11.3 Å². The number of Topliss-reactive ketones (excluding diaryl/α,β-unsaturated/α-hetero) is 1. The van der Waals surface area contributed by atoms with Crippen LogP contribution in [0.3, 0.4) is 0 Å². The van der Waals surface area contributed by atoms with Crippen LogP contribution in [-0.2, 0) is 4.79 Å². The fourth-order valence-electron chi connectivity index (χ4n) is 4.09. The first kappa shape index (κ1) is 20.9. The highest BCUT2D eigenvalue weighted by Gasteiger charge is 2.27. The van der Waals surface area contributed by atoms with Crippen molar-refractivity contribution in [1.82, 2.24) is 29.5 Å². The quantitative estimate of drug-likeness (QED) is 0.451. The van der Waals surface area contributed by atoms with Crippen LogP contribution in [0.15, 0.2) is 54.9 Å². The van der Waals surface area contributed by atoms with E-state index in [1.54, 1.807) is 19.3 Å². The summed E-state index contributed by atoms with van der Waals surface area (Å²) in [6, 6.07) is 5.72. The molecule has 1 aliphatic carbocycles. The summed E-state index contributed by atoms with van der Waals surface area (Å²) >= 11 is 0. The minimum atomic E-state index is -0.149. The Morgan fingerprint density at radius 1 is 1.09 bits per heavy atom. The van der Waals surface area contributed by atoms with Gasteiger partial charge in [-0.1, -0.05) is 6.07 Å². The standard InChI is InChI=1S/C25H25N7O/c1-14(26)22(16(3)33)21-12-28-23-19(18-10-29-24(30-11-18)17-7-8-17)13-32(25(23)31-21)15(2)20-6-4-5-9-27-20/h4-6,9-13,15,17H,7-8,26H2,1-3H3/t15-/m0/s1. The van der Waals surface area contributed by atoms with E-state index in [-0.39, 0.29) is 11.8 Å². The average molecular weight is 440 g/mol. The van der Waals surface area contributed by atoms with Crippen molar-refractivity contribution in [1.29, 1.82) is 0 Å². The molecule has 0 aromatic carbocycles. The number of allylic oxidation sites excluding steroid dienone is 2.